The van der Waals surface area contributed by atoms with Gasteiger partial charge in [0.05, 0.1) is 36.5 Å². The van der Waals surface area contributed by atoms with Crippen molar-refractivity contribution in [1.82, 2.24) is 4.98 Å². The Morgan fingerprint density at radius 2 is 2.33 bits per heavy atom. The Kier molecular flexibility index (Phi) is 7.14. The molecule has 1 aromatic heterocycles. The Morgan fingerprint density at radius 3 is 3.00 bits per heavy atom. The summed E-state index contributed by atoms with van der Waals surface area (Å²) in [5.41, 5.74) is 0. The van der Waals surface area contributed by atoms with Gasteiger partial charge in [-0.3, -0.25) is 9.52 Å². The first-order valence-corrected chi connectivity index (χ1v) is 8.65. The van der Waals surface area contributed by atoms with E-state index < -0.39 is 16.0 Å². The van der Waals surface area contributed by atoms with E-state index in [1.165, 1.54) is 6.20 Å². The van der Waals surface area contributed by atoms with Crippen molar-refractivity contribution in [3.63, 3.8) is 0 Å². The normalized spacial score (nSPS) is 10.6. The summed E-state index contributed by atoms with van der Waals surface area (Å²) in [6, 6.07) is 0. The molecule has 0 aliphatic rings. The van der Waals surface area contributed by atoms with Gasteiger partial charge in [0.1, 0.15) is 0 Å². The fourth-order valence-electron chi connectivity index (χ4n) is 1.22. The third-order valence-corrected chi connectivity index (χ3v) is 4.28. The average molecular weight is 332 g/mol. The number of carbonyl (C=O) groups excluding carboxylic acids is 1. The topological polar surface area (TPSA) is 106 Å². The van der Waals surface area contributed by atoms with E-state index >= 15 is 0 Å². The molecule has 0 amide bonds. The number of nitrogens with zero attached hydrogens (tertiary/aromatic N) is 1. The van der Waals surface area contributed by atoms with E-state index in [0.717, 1.165) is 11.3 Å². The summed E-state index contributed by atoms with van der Waals surface area (Å²) >= 11 is 1.08. The first kappa shape index (κ1) is 17.4. The van der Waals surface area contributed by atoms with Crippen LogP contribution in [0.2, 0.25) is 0 Å². The zero-order valence-electron chi connectivity index (χ0n) is 11.5. The van der Waals surface area contributed by atoms with Crippen LogP contribution in [0.15, 0.2) is 6.20 Å². The van der Waals surface area contributed by atoms with Gasteiger partial charge in [-0.2, -0.15) is 0 Å². The van der Waals surface area contributed by atoms with E-state index in [2.05, 4.69) is 26.3 Å². The van der Waals surface area contributed by atoms with E-state index in [9.17, 15) is 13.2 Å². The number of aliphatic hydroxyl groups excluding tert-OH is 1. The summed E-state index contributed by atoms with van der Waals surface area (Å²) < 4.78 is 30.5. The molecule has 7 nitrogen and oxygen atoms in total. The average Bonchev–Trinajstić information content (AvgIpc) is 2.84. The van der Waals surface area contributed by atoms with Gasteiger partial charge >= 0.3 is 5.97 Å². The van der Waals surface area contributed by atoms with Crippen molar-refractivity contribution in [2.24, 2.45) is 0 Å². The van der Waals surface area contributed by atoms with E-state index in [0.29, 0.717) is 11.3 Å². The molecule has 0 radical (unpaired) electrons. The van der Waals surface area contributed by atoms with Crippen LogP contribution in [0.5, 0.6) is 0 Å². The first-order valence-electron chi connectivity index (χ1n) is 6.18. The minimum Gasteiger partial charge on any atom is -0.466 e. The molecule has 0 saturated carbocycles. The molecule has 0 atom stereocenters. The highest BCUT2D eigenvalue weighted by Gasteiger charge is 2.15. The van der Waals surface area contributed by atoms with Crippen molar-refractivity contribution in [3.05, 3.63) is 11.1 Å². The number of sulfonamides is 1. The lowest BCUT2D eigenvalue weighted by atomic mass is 10.4. The van der Waals surface area contributed by atoms with Gasteiger partial charge in [-0.15, -0.1) is 0 Å². The molecule has 116 valence electrons. The largest absolute Gasteiger partial charge is 0.466 e. The molecular weight excluding hydrogens is 316 g/mol. The minimum atomic E-state index is -3.65. The molecule has 0 aromatic carbocycles. The molecule has 9 heteroatoms. The molecule has 0 aliphatic carbocycles. The Labute approximate surface area is 127 Å². The number of aromatic nitrogens is 1. The standard InChI is InChI=1S/C12H16N2O5S2/c1-2-19-11(16)6-8-21(17,18)14-12-13-9-10(20-12)5-3-4-7-15/h9,15H,2,4,6-8H2,1H3,(H,13,14). The van der Waals surface area contributed by atoms with Gasteiger partial charge in [0.2, 0.25) is 10.0 Å². The van der Waals surface area contributed by atoms with E-state index in [1.54, 1.807) is 6.92 Å². The third kappa shape index (κ3) is 7.08. The maximum atomic E-state index is 11.8. The van der Waals surface area contributed by atoms with Gasteiger partial charge in [0, 0.05) is 6.42 Å². The van der Waals surface area contributed by atoms with Crippen LogP contribution >= 0.6 is 11.3 Å². The summed E-state index contributed by atoms with van der Waals surface area (Å²) in [4.78, 5) is 15.6. The number of nitrogens with one attached hydrogen (secondary N) is 1. The van der Waals surface area contributed by atoms with Crippen LogP contribution in [0.4, 0.5) is 5.13 Å². The van der Waals surface area contributed by atoms with Gasteiger partial charge in [0.25, 0.3) is 0 Å². The van der Waals surface area contributed by atoms with Crippen LogP contribution < -0.4 is 4.72 Å². The summed E-state index contributed by atoms with van der Waals surface area (Å²) in [5.74, 6) is 4.55. The number of hydrogen-bond donors (Lipinski definition) is 2. The van der Waals surface area contributed by atoms with Gasteiger partial charge < -0.3 is 9.84 Å². The molecule has 2 N–H and O–H groups in total. The Balaban J connectivity index is 2.56. The first-order chi connectivity index (χ1) is 9.96. The van der Waals surface area contributed by atoms with Crippen LogP contribution in [0.25, 0.3) is 0 Å². The molecule has 1 rings (SSSR count). The summed E-state index contributed by atoms with van der Waals surface area (Å²) in [6.45, 7) is 1.84. The zero-order chi connectivity index (χ0) is 15.7. The molecule has 1 aromatic rings. The molecule has 0 bridgehead atoms. The Morgan fingerprint density at radius 1 is 1.57 bits per heavy atom. The number of carbonyl (C=O) groups is 1. The highest BCUT2D eigenvalue weighted by atomic mass is 32.2. The second-order valence-electron chi connectivity index (χ2n) is 3.78. The van der Waals surface area contributed by atoms with Crippen molar-refractivity contribution in [2.45, 2.75) is 19.8 Å². The molecule has 0 aliphatic heterocycles. The van der Waals surface area contributed by atoms with Gasteiger partial charge in [-0.05, 0) is 6.92 Å². The maximum absolute atomic E-state index is 11.8. The van der Waals surface area contributed by atoms with Crippen LogP contribution in [-0.2, 0) is 19.6 Å². The van der Waals surface area contributed by atoms with Crippen molar-refractivity contribution in [1.29, 1.82) is 0 Å². The van der Waals surface area contributed by atoms with Crippen molar-refractivity contribution < 1.29 is 23.1 Å². The van der Waals surface area contributed by atoms with Crippen LogP contribution in [-0.4, -0.2) is 43.4 Å². The molecule has 0 saturated heterocycles. The van der Waals surface area contributed by atoms with E-state index in [4.69, 9.17) is 5.11 Å². The summed E-state index contributed by atoms with van der Waals surface area (Å²) in [7, 11) is -3.65. The summed E-state index contributed by atoms with van der Waals surface area (Å²) in [6.07, 6.45) is 1.58. The number of thiazole rings is 1. The highest BCUT2D eigenvalue weighted by Crippen LogP contribution is 2.18. The van der Waals surface area contributed by atoms with Crippen LogP contribution in [0.3, 0.4) is 0 Å². The van der Waals surface area contributed by atoms with E-state index in [1.807, 2.05) is 0 Å². The van der Waals surface area contributed by atoms with Crippen LogP contribution in [0, 0.1) is 11.8 Å². The molecule has 1 heterocycles. The van der Waals surface area contributed by atoms with Gasteiger partial charge in [-0.1, -0.05) is 23.2 Å². The lowest BCUT2D eigenvalue weighted by Crippen LogP contribution is -2.19. The monoisotopic (exact) mass is 332 g/mol. The number of aliphatic hydroxyl groups is 1. The highest BCUT2D eigenvalue weighted by molar-refractivity contribution is 7.92. The molecule has 21 heavy (non-hydrogen) atoms. The van der Waals surface area contributed by atoms with Gasteiger partial charge in [0.15, 0.2) is 5.13 Å². The van der Waals surface area contributed by atoms with Crippen LogP contribution in [0.1, 0.15) is 24.6 Å². The molecule has 0 fully saturated rings. The lowest BCUT2D eigenvalue weighted by Gasteiger charge is -2.04. The maximum Gasteiger partial charge on any atom is 0.306 e. The fraction of sp³-hybridized carbons (Fsp3) is 0.500. The SMILES string of the molecule is CCOC(=O)CCS(=O)(=O)Nc1ncc(C#CCCO)s1. The minimum absolute atomic E-state index is 0.0286. The fourth-order valence-corrected chi connectivity index (χ4v) is 3.17. The van der Waals surface area contributed by atoms with Gasteiger partial charge in [-0.25, -0.2) is 13.4 Å². The Bertz CT molecular complexity index is 628. The zero-order valence-corrected chi connectivity index (χ0v) is 13.1. The molecule has 0 unspecified atom stereocenters. The molecule has 0 spiro atoms. The van der Waals surface area contributed by atoms with Crippen molar-refractivity contribution in [2.75, 3.05) is 23.7 Å². The number of ether oxygens (including phenoxy) is 1. The quantitative estimate of drug-likeness (QED) is 0.559. The van der Waals surface area contributed by atoms with E-state index in [-0.39, 0.29) is 30.5 Å². The van der Waals surface area contributed by atoms with Crippen molar-refractivity contribution in [3.8, 4) is 11.8 Å². The predicted molar refractivity (Wildman–Crippen MR) is 79.4 cm³/mol. The lowest BCUT2D eigenvalue weighted by molar-refractivity contribution is -0.142. The molecular formula is C12H16N2O5S2. The number of hydrogen-bond acceptors (Lipinski definition) is 7. The third-order valence-electron chi connectivity index (χ3n) is 2.08. The van der Waals surface area contributed by atoms with Crippen molar-refractivity contribution >= 4 is 32.5 Å². The summed E-state index contributed by atoms with van der Waals surface area (Å²) in [5, 5.41) is 8.79. The second-order valence-corrected chi connectivity index (χ2v) is 6.65. The number of esters is 1. The predicted octanol–water partition coefficient (Wildman–Crippen LogP) is 0.572. The number of anilines is 1. The smallest absolute Gasteiger partial charge is 0.306 e. The number of rotatable bonds is 7. The Hall–Kier alpha value is -1.63. The second kappa shape index (κ2) is 8.61.